The molecular formula is C16H22N2. The zero-order valence-electron chi connectivity index (χ0n) is 11.0. The van der Waals surface area contributed by atoms with Gasteiger partial charge in [0.25, 0.3) is 0 Å². The van der Waals surface area contributed by atoms with E-state index in [1.165, 1.54) is 18.4 Å². The van der Waals surface area contributed by atoms with Crippen molar-refractivity contribution in [3.63, 3.8) is 0 Å². The van der Waals surface area contributed by atoms with Gasteiger partial charge in [-0.1, -0.05) is 29.8 Å². The van der Waals surface area contributed by atoms with Crippen molar-refractivity contribution in [2.45, 2.75) is 38.1 Å². The molecule has 96 valence electrons. The molecule has 2 aliphatic rings. The highest BCUT2D eigenvalue weighted by Gasteiger charge is 2.55. The van der Waals surface area contributed by atoms with Crippen LogP contribution in [0.5, 0.6) is 0 Å². The summed E-state index contributed by atoms with van der Waals surface area (Å²) in [6.07, 6.45) is 3.55. The first-order valence-electron chi connectivity index (χ1n) is 6.90. The van der Waals surface area contributed by atoms with Crippen LogP contribution in [0.15, 0.2) is 36.4 Å². The first kappa shape index (κ1) is 11.9. The van der Waals surface area contributed by atoms with Crippen LogP contribution in [0.2, 0.25) is 0 Å². The van der Waals surface area contributed by atoms with Crippen LogP contribution in [0.1, 0.15) is 36.8 Å². The van der Waals surface area contributed by atoms with E-state index in [9.17, 15) is 0 Å². The summed E-state index contributed by atoms with van der Waals surface area (Å²) in [5.74, 6) is 8.01. The van der Waals surface area contributed by atoms with E-state index in [1.54, 1.807) is 11.1 Å². The third-order valence-corrected chi connectivity index (χ3v) is 4.64. The Bertz CT molecular complexity index is 466. The fraction of sp³-hybridized carbons (Fsp3) is 0.500. The van der Waals surface area contributed by atoms with E-state index in [2.05, 4.69) is 43.2 Å². The van der Waals surface area contributed by atoms with Crippen LogP contribution >= 0.6 is 0 Å². The molecule has 0 heterocycles. The molecule has 0 radical (unpaired) electrons. The zero-order chi connectivity index (χ0) is 12.7. The SMILES string of the molecule is C=C(C)CC(NN)C1C2CCc3ccccc3C21. The van der Waals surface area contributed by atoms with Gasteiger partial charge in [-0.2, -0.15) is 0 Å². The summed E-state index contributed by atoms with van der Waals surface area (Å²) in [6, 6.07) is 9.30. The molecule has 0 spiro atoms. The Morgan fingerprint density at radius 1 is 1.50 bits per heavy atom. The third kappa shape index (κ3) is 1.90. The molecule has 0 aromatic heterocycles. The van der Waals surface area contributed by atoms with E-state index in [1.807, 2.05) is 0 Å². The Morgan fingerprint density at radius 2 is 2.28 bits per heavy atom. The second-order valence-corrected chi connectivity index (χ2v) is 5.94. The third-order valence-electron chi connectivity index (χ3n) is 4.64. The Kier molecular flexibility index (Phi) is 3.00. The smallest absolute Gasteiger partial charge is 0.0284 e. The van der Waals surface area contributed by atoms with Crippen molar-refractivity contribution < 1.29 is 0 Å². The van der Waals surface area contributed by atoms with Gasteiger partial charge in [-0.25, -0.2) is 0 Å². The maximum atomic E-state index is 5.75. The average molecular weight is 242 g/mol. The molecule has 3 rings (SSSR count). The molecule has 1 aromatic carbocycles. The molecule has 1 aromatic rings. The molecular weight excluding hydrogens is 220 g/mol. The van der Waals surface area contributed by atoms with Crippen molar-refractivity contribution in [2.75, 3.05) is 0 Å². The molecule has 2 nitrogen and oxygen atoms in total. The Labute approximate surface area is 109 Å². The van der Waals surface area contributed by atoms with Gasteiger partial charge in [0, 0.05) is 6.04 Å². The van der Waals surface area contributed by atoms with Crippen LogP contribution in [0.3, 0.4) is 0 Å². The summed E-state index contributed by atoms with van der Waals surface area (Å²) in [7, 11) is 0. The van der Waals surface area contributed by atoms with Crippen LogP contribution in [-0.2, 0) is 6.42 Å². The number of nitrogens with two attached hydrogens (primary N) is 1. The minimum Gasteiger partial charge on any atom is -0.271 e. The summed E-state index contributed by atoms with van der Waals surface area (Å²) >= 11 is 0. The van der Waals surface area contributed by atoms with Gasteiger partial charge in [-0.15, -0.1) is 6.58 Å². The van der Waals surface area contributed by atoms with E-state index in [-0.39, 0.29) is 0 Å². The number of benzene rings is 1. The highest BCUT2D eigenvalue weighted by Crippen LogP contribution is 2.61. The van der Waals surface area contributed by atoms with Gasteiger partial charge in [0.1, 0.15) is 0 Å². The normalized spacial score (nSPS) is 30.2. The minimum atomic E-state index is 0.392. The van der Waals surface area contributed by atoms with Crippen molar-refractivity contribution >= 4 is 0 Å². The molecule has 3 N–H and O–H groups in total. The molecule has 4 atom stereocenters. The summed E-state index contributed by atoms with van der Waals surface area (Å²) in [4.78, 5) is 0. The summed E-state index contributed by atoms with van der Waals surface area (Å²) < 4.78 is 0. The highest BCUT2D eigenvalue weighted by molar-refractivity contribution is 5.40. The summed E-state index contributed by atoms with van der Waals surface area (Å²) in [5.41, 5.74) is 7.36. The quantitative estimate of drug-likeness (QED) is 0.484. The largest absolute Gasteiger partial charge is 0.271 e. The molecule has 2 aliphatic carbocycles. The monoisotopic (exact) mass is 242 g/mol. The van der Waals surface area contributed by atoms with Crippen molar-refractivity contribution in [3.05, 3.63) is 47.5 Å². The number of hydrazine groups is 1. The van der Waals surface area contributed by atoms with Gasteiger partial charge < -0.3 is 0 Å². The van der Waals surface area contributed by atoms with Crippen LogP contribution in [0, 0.1) is 11.8 Å². The summed E-state index contributed by atoms with van der Waals surface area (Å²) in [6.45, 7) is 6.11. The number of fused-ring (bicyclic) bond motifs is 3. The van der Waals surface area contributed by atoms with E-state index in [0.717, 1.165) is 18.3 Å². The van der Waals surface area contributed by atoms with Gasteiger partial charge in [0.05, 0.1) is 0 Å². The van der Waals surface area contributed by atoms with Crippen molar-refractivity contribution in [1.82, 2.24) is 5.43 Å². The van der Waals surface area contributed by atoms with E-state index in [0.29, 0.717) is 12.0 Å². The molecule has 0 bridgehead atoms. The predicted octanol–water partition coefficient (Wildman–Crippen LogP) is 2.76. The van der Waals surface area contributed by atoms with Gasteiger partial charge in [0.15, 0.2) is 0 Å². The van der Waals surface area contributed by atoms with Crippen LogP contribution in [-0.4, -0.2) is 6.04 Å². The van der Waals surface area contributed by atoms with Gasteiger partial charge >= 0.3 is 0 Å². The van der Waals surface area contributed by atoms with Gasteiger partial charge in [-0.05, 0) is 55.1 Å². The fourth-order valence-corrected chi connectivity index (χ4v) is 3.85. The van der Waals surface area contributed by atoms with Gasteiger partial charge in [0.2, 0.25) is 0 Å². The molecule has 2 heteroatoms. The Balaban J connectivity index is 1.81. The first-order chi connectivity index (χ1) is 8.72. The lowest BCUT2D eigenvalue weighted by Crippen LogP contribution is -2.37. The molecule has 1 fully saturated rings. The second kappa shape index (κ2) is 4.52. The molecule has 1 saturated carbocycles. The molecule has 0 saturated heterocycles. The second-order valence-electron chi connectivity index (χ2n) is 5.94. The molecule has 18 heavy (non-hydrogen) atoms. The average Bonchev–Trinajstić information content (AvgIpc) is 3.10. The van der Waals surface area contributed by atoms with E-state index >= 15 is 0 Å². The summed E-state index contributed by atoms with van der Waals surface area (Å²) in [5, 5.41) is 0. The fourth-order valence-electron chi connectivity index (χ4n) is 3.85. The topological polar surface area (TPSA) is 38.0 Å². The Morgan fingerprint density at radius 3 is 3.00 bits per heavy atom. The van der Waals surface area contributed by atoms with Gasteiger partial charge in [-0.3, -0.25) is 11.3 Å². The maximum Gasteiger partial charge on any atom is 0.0284 e. The number of aryl methyl sites for hydroxylation is 1. The first-order valence-corrected chi connectivity index (χ1v) is 6.90. The number of hydrogen-bond donors (Lipinski definition) is 2. The Hall–Kier alpha value is -1.12. The van der Waals surface area contributed by atoms with E-state index < -0.39 is 0 Å². The molecule has 0 amide bonds. The number of hydrogen-bond acceptors (Lipinski definition) is 2. The maximum absolute atomic E-state index is 5.75. The highest BCUT2D eigenvalue weighted by atomic mass is 15.2. The minimum absolute atomic E-state index is 0.392. The predicted molar refractivity (Wildman–Crippen MR) is 75.0 cm³/mol. The van der Waals surface area contributed by atoms with Crippen molar-refractivity contribution in [2.24, 2.45) is 17.7 Å². The lowest BCUT2D eigenvalue weighted by atomic mass is 9.92. The lowest BCUT2D eigenvalue weighted by Gasteiger charge is -2.16. The zero-order valence-corrected chi connectivity index (χ0v) is 11.0. The lowest BCUT2D eigenvalue weighted by molar-refractivity contribution is 0.440. The van der Waals surface area contributed by atoms with Crippen LogP contribution in [0.4, 0.5) is 0 Å². The number of nitrogens with one attached hydrogen (secondary N) is 1. The van der Waals surface area contributed by atoms with E-state index in [4.69, 9.17) is 5.84 Å². The van der Waals surface area contributed by atoms with Crippen molar-refractivity contribution in [3.8, 4) is 0 Å². The standard InChI is InChI=1S/C16H22N2/c1-10(2)9-14(18-17)16-13-8-7-11-5-3-4-6-12(11)15(13)16/h3-6,13-16,18H,1,7-9,17H2,2H3. The molecule has 0 aliphatic heterocycles. The van der Waals surface area contributed by atoms with Crippen LogP contribution < -0.4 is 11.3 Å². The van der Waals surface area contributed by atoms with Crippen molar-refractivity contribution in [1.29, 1.82) is 0 Å². The number of rotatable bonds is 4. The van der Waals surface area contributed by atoms with Crippen LogP contribution in [0.25, 0.3) is 0 Å². The molecule has 4 unspecified atom stereocenters.